The molecule has 0 aliphatic carbocycles. The molecule has 1 aromatic heterocycles. The van der Waals surface area contributed by atoms with Gasteiger partial charge >= 0.3 is 0 Å². The molecule has 2 heterocycles. The van der Waals surface area contributed by atoms with Gasteiger partial charge in [0.25, 0.3) is 0 Å². The van der Waals surface area contributed by atoms with Crippen LogP contribution in [-0.2, 0) is 17.9 Å². The van der Waals surface area contributed by atoms with Gasteiger partial charge in [0.15, 0.2) is 5.96 Å². The summed E-state index contributed by atoms with van der Waals surface area (Å²) in [5.41, 5.74) is 2.38. The van der Waals surface area contributed by atoms with E-state index in [1.165, 1.54) is 24.0 Å². The monoisotopic (exact) mass is 498 g/mol. The van der Waals surface area contributed by atoms with Gasteiger partial charge in [-0.25, -0.2) is 0 Å². The Bertz CT molecular complexity index is 715. The Morgan fingerprint density at radius 2 is 1.96 bits per heavy atom. The van der Waals surface area contributed by atoms with Gasteiger partial charge < -0.3 is 19.8 Å². The van der Waals surface area contributed by atoms with Crippen molar-refractivity contribution < 1.29 is 9.15 Å². The van der Waals surface area contributed by atoms with E-state index in [1.807, 2.05) is 6.07 Å². The van der Waals surface area contributed by atoms with Crippen molar-refractivity contribution in [1.82, 2.24) is 15.5 Å². The third-order valence-electron chi connectivity index (χ3n) is 4.90. The molecule has 154 valence electrons. The molecular formula is C21H31IN4O2. The van der Waals surface area contributed by atoms with Crippen molar-refractivity contribution in [3.8, 4) is 0 Å². The second kappa shape index (κ2) is 12.1. The number of ether oxygens (including phenoxy) is 1. The average Bonchev–Trinajstić information content (AvgIpc) is 3.40. The van der Waals surface area contributed by atoms with Gasteiger partial charge in [-0.1, -0.05) is 24.3 Å². The molecule has 2 N–H and O–H groups in total. The van der Waals surface area contributed by atoms with Gasteiger partial charge in [-0.15, -0.1) is 24.0 Å². The van der Waals surface area contributed by atoms with E-state index >= 15 is 0 Å². The number of methoxy groups -OCH3 is 1. The van der Waals surface area contributed by atoms with Crippen LogP contribution in [0.2, 0.25) is 0 Å². The zero-order valence-electron chi connectivity index (χ0n) is 16.7. The molecule has 1 saturated heterocycles. The summed E-state index contributed by atoms with van der Waals surface area (Å²) in [7, 11) is 3.51. The van der Waals surface area contributed by atoms with E-state index in [0.29, 0.717) is 13.2 Å². The Balaban J connectivity index is 0.00000280. The van der Waals surface area contributed by atoms with Crippen molar-refractivity contribution in [2.75, 3.05) is 33.8 Å². The molecule has 0 saturated carbocycles. The second-order valence-corrected chi connectivity index (χ2v) is 6.83. The Hall–Kier alpha value is -1.58. The van der Waals surface area contributed by atoms with Crippen LogP contribution >= 0.6 is 24.0 Å². The van der Waals surface area contributed by atoms with E-state index in [-0.39, 0.29) is 30.0 Å². The smallest absolute Gasteiger partial charge is 0.191 e. The molecule has 1 unspecified atom stereocenters. The lowest BCUT2D eigenvalue weighted by Gasteiger charge is -2.26. The lowest BCUT2D eigenvalue weighted by Crippen LogP contribution is -2.42. The van der Waals surface area contributed by atoms with Crippen molar-refractivity contribution in [2.24, 2.45) is 4.99 Å². The Labute approximate surface area is 184 Å². The molecule has 3 rings (SSSR count). The molecule has 7 heteroatoms. The maximum absolute atomic E-state index is 5.69. The Kier molecular flexibility index (Phi) is 9.80. The highest BCUT2D eigenvalue weighted by molar-refractivity contribution is 14.0. The van der Waals surface area contributed by atoms with Crippen molar-refractivity contribution in [2.45, 2.75) is 32.0 Å². The van der Waals surface area contributed by atoms with E-state index in [9.17, 15) is 0 Å². The molecule has 6 nitrogen and oxygen atoms in total. The predicted molar refractivity (Wildman–Crippen MR) is 123 cm³/mol. The molecule has 1 aliphatic rings. The number of hydrogen-bond acceptors (Lipinski definition) is 4. The molecule has 0 radical (unpaired) electrons. The van der Waals surface area contributed by atoms with Gasteiger partial charge in [-0.05, 0) is 49.2 Å². The van der Waals surface area contributed by atoms with Crippen LogP contribution in [-0.4, -0.2) is 44.7 Å². The lowest BCUT2D eigenvalue weighted by atomic mass is 10.1. The van der Waals surface area contributed by atoms with Crippen molar-refractivity contribution >= 4 is 29.9 Å². The van der Waals surface area contributed by atoms with Crippen LogP contribution in [0, 0.1) is 0 Å². The molecular weight excluding hydrogens is 467 g/mol. The number of benzene rings is 1. The number of halogens is 1. The molecule has 1 aliphatic heterocycles. The zero-order valence-corrected chi connectivity index (χ0v) is 19.0. The van der Waals surface area contributed by atoms with Gasteiger partial charge in [0.2, 0.25) is 0 Å². The Morgan fingerprint density at radius 1 is 1.18 bits per heavy atom. The predicted octanol–water partition coefficient (Wildman–Crippen LogP) is 3.55. The van der Waals surface area contributed by atoms with Crippen LogP contribution in [0.25, 0.3) is 0 Å². The number of hydrogen-bond donors (Lipinski definition) is 2. The van der Waals surface area contributed by atoms with Gasteiger partial charge in [0.1, 0.15) is 5.76 Å². The first kappa shape index (κ1) is 22.7. The first-order valence-electron chi connectivity index (χ1n) is 9.59. The first-order chi connectivity index (χ1) is 13.3. The summed E-state index contributed by atoms with van der Waals surface area (Å²) in [4.78, 5) is 6.84. The van der Waals surface area contributed by atoms with Crippen LogP contribution in [0.5, 0.6) is 0 Å². The van der Waals surface area contributed by atoms with E-state index in [4.69, 9.17) is 9.15 Å². The minimum atomic E-state index is 0. The quantitative estimate of drug-likeness (QED) is 0.331. The SMILES string of the molecule is CN=C(NCc1cccc(COC)c1)NCC(c1ccco1)N1CCCC1.I. The standard InChI is InChI=1S/C21H30N4O2.HI/c1-22-21(23-14-17-7-5-8-18(13-17)16-26-2)24-15-19(20-9-6-12-27-20)25-10-3-4-11-25;/h5-9,12-13,19H,3-4,10-11,14-16H2,1-2H3,(H2,22,23,24);1H. The maximum atomic E-state index is 5.69. The highest BCUT2D eigenvalue weighted by atomic mass is 127. The fraction of sp³-hybridized carbons (Fsp3) is 0.476. The van der Waals surface area contributed by atoms with E-state index in [0.717, 1.165) is 31.4 Å². The maximum Gasteiger partial charge on any atom is 0.191 e. The number of likely N-dealkylation sites (tertiary alicyclic amines) is 1. The summed E-state index contributed by atoms with van der Waals surface area (Å²) in [5, 5.41) is 6.85. The number of nitrogens with one attached hydrogen (secondary N) is 2. The van der Waals surface area contributed by atoms with Crippen molar-refractivity contribution in [1.29, 1.82) is 0 Å². The summed E-state index contributed by atoms with van der Waals surface area (Å²) in [5.74, 6) is 1.80. The molecule has 1 aromatic carbocycles. The molecule has 28 heavy (non-hydrogen) atoms. The number of nitrogens with zero attached hydrogens (tertiary/aromatic N) is 2. The molecule has 2 aromatic rings. The minimum absolute atomic E-state index is 0. The summed E-state index contributed by atoms with van der Waals surface area (Å²) in [6, 6.07) is 12.6. The van der Waals surface area contributed by atoms with E-state index in [1.54, 1.807) is 20.4 Å². The number of rotatable bonds is 8. The number of furan rings is 1. The van der Waals surface area contributed by atoms with Gasteiger partial charge in [-0.2, -0.15) is 0 Å². The highest BCUT2D eigenvalue weighted by Crippen LogP contribution is 2.24. The summed E-state index contributed by atoms with van der Waals surface area (Å²) in [6.07, 6.45) is 4.25. The van der Waals surface area contributed by atoms with Gasteiger partial charge in [0.05, 0.1) is 18.9 Å². The fourth-order valence-corrected chi connectivity index (χ4v) is 3.54. The normalized spacial score (nSPS) is 15.9. The number of guanidine groups is 1. The largest absolute Gasteiger partial charge is 0.468 e. The first-order valence-corrected chi connectivity index (χ1v) is 9.59. The minimum Gasteiger partial charge on any atom is -0.468 e. The van der Waals surface area contributed by atoms with Crippen LogP contribution in [0.3, 0.4) is 0 Å². The van der Waals surface area contributed by atoms with Gasteiger partial charge in [-0.3, -0.25) is 9.89 Å². The third kappa shape index (κ3) is 6.49. The van der Waals surface area contributed by atoms with Crippen LogP contribution in [0.4, 0.5) is 0 Å². The number of aliphatic imine (C=N–C) groups is 1. The molecule has 0 amide bonds. The Morgan fingerprint density at radius 3 is 2.64 bits per heavy atom. The van der Waals surface area contributed by atoms with Crippen molar-refractivity contribution in [3.63, 3.8) is 0 Å². The highest BCUT2D eigenvalue weighted by Gasteiger charge is 2.25. The van der Waals surface area contributed by atoms with E-state index in [2.05, 4.69) is 50.9 Å². The summed E-state index contributed by atoms with van der Waals surface area (Å²) < 4.78 is 10.9. The fourth-order valence-electron chi connectivity index (χ4n) is 3.54. The summed E-state index contributed by atoms with van der Waals surface area (Å²) in [6.45, 7) is 4.33. The van der Waals surface area contributed by atoms with Crippen LogP contribution in [0.15, 0.2) is 52.1 Å². The van der Waals surface area contributed by atoms with E-state index < -0.39 is 0 Å². The second-order valence-electron chi connectivity index (χ2n) is 6.83. The zero-order chi connectivity index (χ0) is 18.9. The van der Waals surface area contributed by atoms with Crippen LogP contribution in [0.1, 0.15) is 35.8 Å². The topological polar surface area (TPSA) is 62.0 Å². The van der Waals surface area contributed by atoms with Crippen molar-refractivity contribution in [3.05, 3.63) is 59.5 Å². The molecule has 1 atom stereocenters. The lowest BCUT2D eigenvalue weighted by molar-refractivity contribution is 0.185. The molecule has 0 spiro atoms. The summed E-state index contributed by atoms with van der Waals surface area (Å²) >= 11 is 0. The average molecular weight is 498 g/mol. The molecule has 0 bridgehead atoms. The van der Waals surface area contributed by atoms with Crippen LogP contribution < -0.4 is 10.6 Å². The van der Waals surface area contributed by atoms with Gasteiger partial charge in [0, 0.05) is 27.2 Å². The third-order valence-corrected chi connectivity index (χ3v) is 4.90. The molecule has 1 fully saturated rings.